The fraction of sp³-hybridized carbons (Fsp3) is 0.333. The summed E-state index contributed by atoms with van der Waals surface area (Å²) in [6.07, 6.45) is 6.51. The third-order valence-corrected chi connectivity index (χ3v) is 7.21. The Labute approximate surface area is 217 Å². The first-order chi connectivity index (χ1) is 18.4. The topological polar surface area (TPSA) is 85.0 Å². The summed E-state index contributed by atoms with van der Waals surface area (Å²) in [7, 11) is 0. The van der Waals surface area contributed by atoms with Crippen molar-refractivity contribution < 1.29 is 23.1 Å². The average Bonchev–Trinajstić information content (AvgIpc) is 3.67. The van der Waals surface area contributed by atoms with E-state index in [1.165, 1.54) is 6.07 Å². The van der Waals surface area contributed by atoms with Crippen LogP contribution in [-0.2, 0) is 17.8 Å². The van der Waals surface area contributed by atoms with Gasteiger partial charge in [0.1, 0.15) is 17.5 Å². The van der Waals surface area contributed by atoms with Crippen molar-refractivity contribution in [2.45, 2.75) is 38.9 Å². The zero-order chi connectivity index (χ0) is 26.4. The lowest BCUT2D eigenvalue weighted by Crippen LogP contribution is -2.38. The van der Waals surface area contributed by atoms with E-state index in [9.17, 15) is 18.4 Å². The predicted octanol–water partition coefficient (Wildman–Crippen LogP) is 3.98. The van der Waals surface area contributed by atoms with Crippen molar-refractivity contribution in [1.82, 2.24) is 24.1 Å². The molecule has 0 unspecified atom stereocenters. The van der Waals surface area contributed by atoms with Gasteiger partial charge in [0.25, 0.3) is 5.91 Å². The summed E-state index contributed by atoms with van der Waals surface area (Å²) in [6.45, 7) is 3.90. The van der Waals surface area contributed by atoms with Crippen LogP contribution in [0.4, 0.5) is 14.5 Å². The van der Waals surface area contributed by atoms with Crippen molar-refractivity contribution in [1.29, 1.82) is 0 Å². The molecule has 4 aromatic rings. The van der Waals surface area contributed by atoms with Crippen molar-refractivity contribution in [2.75, 3.05) is 24.6 Å². The van der Waals surface area contributed by atoms with Gasteiger partial charge in [-0.15, -0.1) is 0 Å². The standard InChI is InChI=1S/C27H26F2N6O3/c1-2-38-27(37)22-15-32-10-11-33(16-25(32)31-22)26(36)20-14-30-35-9-7-18(13-24(20)35)34-8-3-4-23(34)19-12-17(28)5-6-21(19)29/h5-7,9,12-15,23H,2-4,8,10-11,16H2,1H3/t23-/m1/s1. The maximum Gasteiger partial charge on any atom is 0.358 e. The van der Waals surface area contributed by atoms with E-state index in [0.29, 0.717) is 48.5 Å². The molecule has 0 aliphatic carbocycles. The summed E-state index contributed by atoms with van der Waals surface area (Å²) in [6, 6.07) is 7.00. The normalized spacial score (nSPS) is 17.2. The molecule has 2 aliphatic heterocycles. The van der Waals surface area contributed by atoms with Crippen molar-refractivity contribution >= 4 is 23.1 Å². The minimum absolute atomic E-state index is 0.196. The number of pyridine rings is 1. The van der Waals surface area contributed by atoms with E-state index >= 15 is 0 Å². The highest BCUT2D eigenvalue weighted by Crippen LogP contribution is 2.38. The van der Waals surface area contributed by atoms with Gasteiger partial charge in [0.2, 0.25) is 0 Å². The second kappa shape index (κ2) is 9.55. The number of esters is 1. The predicted molar refractivity (Wildman–Crippen MR) is 134 cm³/mol. The number of aromatic nitrogens is 4. The first-order valence-electron chi connectivity index (χ1n) is 12.6. The second-order valence-corrected chi connectivity index (χ2v) is 9.47. The second-order valence-electron chi connectivity index (χ2n) is 9.47. The fourth-order valence-corrected chi connectivity index (χ4v) is 5.38. The number of ether oxygens (including phenoxy) is 1. The molecule has 38 heavy (non-hydrogen) atoms. The summed E-state index contributed by atoms with van der Waals surface area (Å²) in [5.41, 5.74) is 2.43. The summed E-state index contributed by atoms with van der Waals surface area (Å²) in [5.74, 6) is -0.969. The molecule has 196 valence electrons. The van der Waals surface area contributed by atoms with Crippen LogP contribution in [0, 0.1) is 11.6 Å². The molecule has 0 saturated carbocycles. The third kappa shape index (κ3) is 4.17. The van der Waals surface area contributed by atoms with Crippen molar-refractivity contribution in [3.63, 3.8) is 0 Å². The lowest BCUT2D eigenvalue weighted by molar-refractivity contribution is 0.0519. The molecule has 1 saturated heterocycles. The van der Waals surface area contributed by atoms with Crippen LogP contribution in [0.25, 0.3) is 5.52 Å². The van der Waals surface area contributed by atoms with Gasteiger partial charge >= 0.3 is 5.97 Å². The number of benzene rings is 1. The van der Waals surface area contributed by atoms with Crippen molar-refractivity contribution in [3.05, 3.63) is 83.2 Å². The number of imidazole rings is 1. The van der Waals surface area contributed by atoms with Gasteiger partial charge in [0.15, 0.2) is 5.69 Å². The van der Waals surface area contributed by atoms with Crippen LogP contribution in [0.15, 0.2) is 48.9 Å². The number of rotatable bonds is 5. The SMILES string of the molecule is CCOC(=O)c1cn2c(n1)CN(C(=O)c1cnn3ccc(N4CCC[C@@H]4c4cc(F)ccc4F)cc13)CC2. The van der Waals surface area contributed by atoms with E-state index in [0.717, 1.165) is 24.2 Å². The molecule has 3 aromatic heterocycles. The number of amides is 1. The van der Waals surface area contributed by atoms with E-state index in [1.807, 2.05) is 21.6 Å². The van der Waals surface area contributed by atoms with Crippen LogP contribution in [0.1, 0.15) is 58.0 Å². The summed E-state index contributed by atoms with van der Waals surface area (Å²) < 4.78 is 37.0. The molecule has 1 fully saturated rings. The molecule has 2 aliphatic rings. The quantitative estimate of drug-likeness (QED) is 0.370. The molecule has 1 aromatic carbocycles. The van der Waals surface area contributed by atoms with E-state index in [2.05, 4.69) is 10.1 Å². The lowest BCUT2D eigenvalue weighted by Gasteiger charge is -2.28. The molecule has 1 amide bonds. The molecule has 0 N–H and O–H groups in total. The third-order valence-electron chi connectivity index (χ3n) is 7.21. The number of halogens is 2. The first kappa shape index (κ1) is 24.1. The van der Waals surface area contributed by atoms with Crippen molar-refractivity contribution in [2.24, 2.45) is 0 Å². The van der Waals surface area contributed by atoms with E-state index in [4.69, 9.17) is 4.74 Å². The Kier molecular flexibility index (Phi) is 6.05. The van der Waals surface area contributed by atoms with Gasteiger partial charge in [0.05, 0.1) is 36.5 Å². The van der Waals surface area contributed by atoms with E-state index in [-0.39, 0.29) is 30.8 Å². The highest BCUT2D eigenvalue weighted by Gasteiger charge is 2.30. The number of nitrogens with zero attached hydrogens (tertiary/aromatic N) is 6. The lowest BCUT2D eigenvalue weighted by atomic mass is 10.0. The van der Waals surface area contributed by atoms with Crippen LogP contribution in [0.5, 0.6) is 0 Å². The fourth-order valence-electron chi connectivity index (χ4n) is 5.38. The number of hydrogen-bond acceptors (Lipinski definition) is 6. The monoisotopic (exact) mass is 520 g/mol. The number of hydrogen-bond donors (Lipinski definition) is 0. The van der Waals surface area contributed by atoms with Gasteiger partial charge in [-0.2, -0.15) is 5.10 Å². The average molecular weight is 521 g/mol. The molecular formula is C27H26F2N6O3. The molecule has 0 spiro atoms. The largest absolute Gasteiger partial charge is 0.461 e. The van der Waals surface area contributed by atoms with Gasteiger partial charge in [-0.05, 0) is 50.1 Å². The minimum Gasteiger partial charge on any atom is -0.461 e. The van der Waals surface area contributed by atoms with E-state index in [1.54, 1.807) is 34.9 Å². The number of carbonyl (C=O) groups is 2. The zero-order valence-electron chi connectivity index (χ0n) is 20.8. The Balaban J connectivity index is 1.27. The molecule has 5 heterocycles. The van der Waals surface area contributed by atoms with Gasteiger partial charge in [-0.3, -0.25) is 4.79 Å². The number of carbonyl (C=O) groups excluding carboxylic acids is 2. The number of anilines is 1. The maximum absolute atomic E-state index is 14.6. The molecule has 9 nitrogen and oxygen atoms in total. The van der Waals surface area contributed by atoms with Gasteiger partial charge in [0, 0.05) is 43.3 Å². The van der Waals surface area contributed by atoms with Crippen LogP contribution >= 0.6 is 0 Å². The Morgan fingerprint density at radius 2 is 2.00 bits per heavy atom. The maximum atomic E-state index is 14.6. The highest BCUT2D eigenvalue weighted by molar-refractivity contribution is 6.01. The molecule has 1 atom stereocenters. The van der Waals surface area contributed by atoms with Gasteiger partial charge in [-0.1, -0.05) is 0 Å². The Morgan fingerprint density at radius 1 is 1.13 bits per heavy atom. The van der Waals surface area contributed by atoms with Crippen LogP contribution in [0.2, 0.25) is 0 Å². The number of fused-ring (bicyclic) bond motifs is 2. The summed E-state index contributed by atoms with van der Waals surface area (Å²) in [5, 5.41) is 4.36. The molecular weight excluding hydrogens is 494 g/mol. The Hall–Kier alpha value is -4.28. The van der Waals surface area contributed by atoms with E-state index < -0.39 is 17.6 Å². The van der Waals surface area contributed by atoms with Crippen LogP contribution < -0.4 is 4.90 Å². The van der Waals surface area contributed by atoms with Crippen LogP contribution in [0.3, 0.4) is 0 Å². The van der Waals surface area contributed by atoms with Crippen LogP contribution in [-0.4, -0.2) is 55.6 Å². The molecule has 0 bridgehead atoms. The molecule has 11 heteroatoms. The minimum atomic E-state index is -0.485. The van der Waals surface area contributed by atoms with Gasteiger partial charge in [-0.25, -0.2) is 23.1 Å². The zero-order valence-corrected chi connectivity index (χ0v) is 20.8. The summed E-state index contributed by atoms with van der Waals surface area (Å²) in [4.78, 5) is 33.7. The first-order valence-corrected chi connectivity index (χ1v) is 12.6. The Morgan fingerprint density at radius 3 is 2.84 bits per heavy atom. The van der Waals surface area contributed by atoms with Crippen molar-refractivity contribution in [3.8, 4) is 0 Å². The molecule has 6 rings (SSSR count). The summed E-state index contributed by atoms with van der Waals surface area (Å²) >= 11 is 0. The smallest absolute Gasteiger partial charge is 0.358 e. The highest BCUT2D eigenvalue weighted by atomic mass is 19.1. The Bertz CT molecular complexity index is 1550. The van der Waals surface area contributed by atoms with Gasteiger partial charge < -0.3 is 19.1 Å². The molecule has 0 radical (unpaired) electrons.